The van der Waals surface area contributed by atoms with Gasteiger partial charge >= 0.3 is 0 Å². The van der Waals surface area contributed by atoms with Crippen LogP contribution in [0, 0.1) is 6.92 Å². The number of hydrogen-bond donors (Lipinski definition) is 0. The first kappa shape index (κ1) is 19.2. The van der Waals surface area contributed by atoms with Gasteiger partial charge in [0, 0.05) is 40.6 Å². The summed E-state index contributed by atoms with van der Waals surface area (Å²) in [5.74, 6) is 0.608. The second-order valence-corrected chi connectivity index (χ2v) is 7.16. The lowest BCUT2D eigenvalue weighted by molar-refractivity contribution is 0.121. The van der Waals surface area contributed by atoms with Gasteiger partial charge in [0.1, 0.15) is 0 Å². The van der Waals surface area contributed by atoms with Crippen LogP contribution in [0.15, 0.2) is 23.0 Å². The first-order chi connectivity index (χ1) is 12.4. The number of ether oxygens (including phenoxy) is 1. The van der Waals surface area contributed by atoms with Gasteiger partial charge in [-0.25, -0.2) is 4.98 Å². The first-order valence-corrected chi connectivity index (χ1v) is 9.25. The number of anilines is 2. The highest BCUT2D eigenvalue weighted by molar-refractivity contribution is 6.35. The lowest BCUT2D eigenvalue weighted by Gasteiger charge is -2.38. The molecular formula is C18H22Cl2N4O2. The zero-order chi connectivity index (χ0) is 18.8. The van der Waals surface area contributed by atoms with E-state index in [9.17, 15) is 4.79 Å². The SMILES string of the molecule is CCc1c(C)nc2n(c1=O)CN(CCOC)CN2c1cc(Cl)cc(Cl)c1. The Hall–Kier alpha value is -1.60. The topological polar surface area (TPSA) is 50.6 Å². The van der Waals surface area contributed by atoms with Crippen LogP contribution in [0.2, 0.25) is 10.0 Å². The molecule has 0 saturated heterocycles. The van der Waals surface area contributed by atoms with Gasteiger partial charge in [-0.05, 0) is 31.5 Å². The molecule has 0 amide bonds. The first-order valence-electron chi connectivity index (χ1n) is 8.49. The number of halogens is 2. The van der Waals surface area contributed by atoms with Crippen molar-refractivity contribution >= 4 is 34.8 Å². The van der Waals surface area contributed by atoms with Crippen molar-refractivity contribution in [1.29, 1.82) is 0 Å². The normalized spacial score (nSPS) is 14.6. The molecule has 0 N–H and O–H groups in total. The minimum Gasteiger partial charge on any atom is -0.383 e. The average Bonchev–Trinajstić information content (AvgIpc) is 2.59. The fourth-order valence-electron chi connectivity index (χ4n) is 3.19. The zero-order valence-corrected chi connectivity index (χ0v) is 16.6. The van der Waals surface area contributed by atoms with Gasteiger partial charge in [0.25, 0.3) is 5.56 Å². The average molecular weight is 397 g/mol. The summed E-state index contributed by atoms with van der Waals surface area (Å²) in [6, 6.07) is 5.34. The monoisotopic (exact) mass is 396 g/mol. The molecule has 1 aromatic carbocycles. The minimum atomic E-state index is -0.00441. The molecular weight excluding hydrogens is 375 g/mol. The van der Waals surface area contributed by atoms with Gasteiger partial charge in [-0.1, -0.05) is 30.1 Å². The Balaban J connectivity index is 2.14. The summed E-state index contributed by atoms with van der Waals surface area (Å²) in [6.07, 6.45) is 0.652. The molecule has 0 bridgehead atoms. The molecule has 3 rings (SSSR count). The van der Waals surface area contributed by atoms with E-state index in [1.807, 2.05) is 30.9 Å². The van der Waals surface area contributed by atoms with Crippen molar-refractivity contribution in [2.45, 2.75) is 26.9 Å². The molecule has 0 spiro atoms. The Bertz CT molecular complexity index is 849. The fourth-order valence-corrected chi connectivity index (χ4v) is 3.70. The standard InChI is InChI=1S/C18H22Cl2N4O2/c1-4-16-12(2)21-18-23(15-8-13(19)7-14(20)9-15)10-22(5-6-26-3)11-24(18)17(16)25/h7-9H,4-6,10-11H2,1-3H3. The van der Waals surface area contributed by atoms with Crippen LogP contribution < -0.4 is 10.5 Å². The van der Waals surface area contributed by atoms with E-state index in [-0.39, 0.29) is 5.56 Å². The van der Waals surface area contributed by atoms with E-state index in [1.54, 1.807) is 17.7 Å². The van der Waals surface area contributed by atoms with E-state index in [0.717, 1.165) is 16.9 Å². The summed E-state index contributed by atoms with van der Waals surface area (Å²) >= 11 is 12.4. The Kier molecular flexibility index (Phi) is 5.87. The summed E-state index contributed by atoms with van der Waals surface area (Å²) in [5, 5.41) is 1.08. The second kappa shape index (κ2) is 7.96. The molecule has 8 heteroatoms. The Morgan fingerprint density at radius 3 is 2.50 bits per heavy atom. The number of rotatable bonds is 5. The van der Waals surface area contributed by atoms with Crippen LogP contribution in [0.5, 0.6) is 0 Å². The molecule has 6 nitrogen and oxygen atoms in total. The largest absolute Gasteiger partial charge is 0.383 e. The second-order valence-electron chi connectivity index (χ2n) is 6.29. The smallest absolute Gasteiger partial charge is 0.259 e. The van der Waals surface area contributed by atoms with Gasteiger partial charge in [-0.2, -0.15) is 0 Å². The van der Waals surface area contributed by atoms with E-state index in [0.29, 0.717) is 48.9 Å². The predicted octanol–water partition coefficient (Wildman–Crippen LogP) is 3.44. The summed E-state index contributed by atoms with van der Waals surface area (Å²) in [5.41, 5.74) is 2.29. The van der Waals surface area contributed by atoms with Gasteiger partial charge in [-0.15, -0.1) is 0 Å². The summed E-state index contributed by atoms with van der Waals surface area (Å²) in [7, 11) is 1.67. The number of hydrogen-bond acceptors (Lipinski definition) is 5. The van der Waals surface area contributed by atoms with E-state index >= 15 is 0 Å². The maximum Gasteiger partial charge on any atom is 0.259 e. The summed E-state index contributed by atoms with van der Waals surface area (Å²) < 4.78 is 6.91. The molecule has 0 radical (unpaired) electrons. The van der Waals surface area contributed by atoms with Crippen LogP contribution >= 0.6 is 23.2 Å². The van der Waals surface area contributed by atoms with Crippen molar-refractivity contribution in [3.8, 4) is 0 Å². The van der Waals surface area contributed by atoms with Crippen LogP contribution in [0.1, 0.15) is 18.2 Å². The maximum atomic E-state index is 13.0. The van der Waals surface area contributed by atoms with Crippen molar-refractivity contribution in [2.24, 2.45) is 0 Å². The summed E-state index contributed by atoms with van der Waals surface area (Å²) in [4.78, 5) is 21.8. The minimum absolute atomic E-state index is 0.00441. The zero-order valence-electron chi connectivity index (χ0n) is 15.1. The molecule has 0 saturated carbocycles. The molecule has 1 aromatic heterocycles. The Labute approximate surface area is 162 Å². The molecule has 1 aliphatic rings. The Morgan fingerprint density at radius 2 is 1.88 bits per heavy atom. The van der Waals surface area contributed by atoms with E-state index in [2.05, 4.69) is 4.90 Å². The van der Waals surface area contributed by atoms with Crippen molar-refractivity contribution in [1.82, 2.24) is 14.5 Å². The van der Waals surface area contributed by atoms with E-state index < -0.39 is 0 Å². The third kappa shape index (κ3) is 3.74. The van der Waals surface area contributed by atoms with Crippen molar-refractivity contribution < 1.29 is 4.74 Å². The molecule has 140 valence electrons. The summed E-state index contributed by atoms with van der Waals surface area (Å²) in [6.45, 7) is 6.16. The van der Waals surface area contributed by atoms with Crippen molar-refractivity contribution in [2.75, 3.05) is 31.8 Å². The van der Waals surface area contributed by atoms with E-state index in [1.165, 1.54) is 0 Å². The lowest BCUT2D eigenvalue weighted by Crippen LogP contribution is -2.48. The lowest BCUT2D eigenvalue weighted by atomic mass is 10.2. The van der Waals surface area contributed by atoms with Crippen LogP contribution in [0.25, 0.3) is 0 Å². The van der Waals surface area contributed by atoms with E-state index in [4.69, 9.17) is 32.9 Å². The van der Waals surface area contributed by atoms with Crippen molar-refractivity contribution in [3.63, 3.8) is 0 Å². The van der Waals surface area contributed by atoms with Gasteiger partial charge in [0.2, 0.25) is 5.95 Å². The highest BCUT2D eigenvalue weighted by Gasteiger charge is 2.27. The highest BCUT2D eigenvalue weighted by Crippen LogP contribution is 2.32. The highest BCUT2D eigenvalue weighted by atomic mass is 35.5. The van der Waals surface area contributed by atoms with Gasteiger partial charge in [0.05, 0.1) is 19.9 Å². The third-order valence-electron chi connectivity index (χ3n) is 4.50. The van der Waals surface area contributed by atoms with Crippen LogP contribution in [-0.4, -0.2) is 41.4 Å². The number of methoxy groups -OCH3 is 1. The number of aromatic nitrogens is 2. The molecule has 1 aliphatic heterocycles. The number of benzene rings is 1. The quantitative estimate of drug-likeness (QED) is 0.774. The number of fused-ring (bicyclic) bond motifs is 1. The number of nitrogens with zero attached hydrogens (tertiary/aromatic N) is 4. The molecule has 2 aromatic rings. The van der Waals surface area contributed by atoms with Crippen LogP contribution in [0.4, 0.5) is 11.6 Å². The fraction of sp³-hybridized carbons (Fsp3) is 0.444. The molecule has 0 atom stereocenters. The molecule has 0 fully saturated rings. The number of aryl methyl sites for hydroxylation is 1. The molecule has 0 aliphatic carbocycles. The van der Waals surface area contributed by atoms with Gasteiger partial charge < -0.3 is 4.74 Å². The van der Waals surface area contributed by atoms with Gasteiger partial charge in [0.15, 0.2) is 0 Å². The van der Waals surface area contributed by atoms with Gasteiger partial charge in [-0.3, -0.25) is 19.2 Å². The van der Waals surface area contributed by atoms with Crippen molar-refractivity contribution in [3.05, 3.63) is 49.9 Å². The maximum absolute atomic E-state index is 13.0. The molecule has 0 unspecified atom stereocenters. The molecule has 2 heterocycles. The Morgan fingerprint density at radius 1 is 1.19 bits per heavy atom. The van der Waals surface area contributed by atoms with Crippen LogP contribution in [-0.2, 0) is 17.8 Å². The molecule has 26 heavy (non-hydrogen) atoms. The van der Waals surface area contributed by atoms with Crippen LogP contribution in [0.3, 0.4) is 0 Å². The predicted molar refractivity (Wildman–Crippen MR) is 105 cm³/mol. The third-order valence-corrected chi connectivity index (χ3v) is 4.93.